The van der Waals surface area contributed by atoms with Crippen LogP contribution < -0.4 is 10.6 Å². The van der Waals surface area contributed by atoms with Crippen LogP contribution in [-0.4, -0.2) is 6.03 Å². The number of hydrogen-bond donors (Lipinski definition) is 2. The van der Waals surface area contributed by atoms with Crippen molar-refractivity contribution in [2.45, 2.75) is 33.4 Å². The van der Waals surface area contributed by atoms with Crippen molar-refractivity contribution in [3.63, 3.8) is 0 Å². The van der Waals surface area contributed by atoms with Crippen molar-refractivity contribution in [3.8, 4) is 0 Å². The van der Waals surface area contributed by atoms with Crippen LogP contribution in [0.4, 0.5) is 4.79 Å². The standard InChI is InChI=1S/C29H24N2OS2/c32-29(30-27-21-11-3-1-9-19(21)17-33-25-15-7-5-13-23(25)27)31-28-22-12-4-2-10-20(22)18-34-26-16-8-6-14-24(26)28/h1-16,27-28H,17-18H2,(H2,30,31,32)/t27-,28+. The number of rotatable bonds is 2. The Kier molecular flexibility index (Phi) is 5.81. The largest absolute Gasteiger partial charge is 0.327 e. The number of nitrogens with one attached hydrogen (secondary N) is 2. The molecule has 168 valence electrons. The number of amides is 2. The van der Waals surface area contributed by atoms with Gasteiger partial charge in [-0.3, -0.25) is 0 Å². The molecule has 2 atom stereocenters. The Hall–Kier alpha value is -3.15. The van der Waals surface area contributed by atoms with Gasteiger partial charge in [-0.15, -0.1) is 23.5 Å². The van der Waals surface area contributed by atoms with Gasteiger partial charge in [0.1, 0.15) is 0 Å². The van der Waals surface area contributed by atoms with Gasteiger partial charge < -0.3 is 10.6 Å². The zero-order valence-corrected chi connectivity index (χ0v) is 20.2. The summed E-state index contributed by atoms with van der Waals surface area (Å²) in [4.78, 5) is 16.0. The molecule has 0 bridgehead atoms. The quantitative estimate of drug-likeness (QED) is 0.322. The SMILES string of the molecule is O=C(N[C@@H]1c2ccccc2CSc2ccccc21)N[C@H]1c2ccccc2CSc2ccccc21. The van der Waals surface area contributed by atoms with Gasteiger partial charge in [0.15, 0.2) is 0 Å². The van der Waals surface area contributed by atoms with Gasteiger partial charge in [0.2, 0.25) is 0 Å². The summed E-state index contributed by atoms with van der Waals surface area (Å²) in [7, 11) is 0. The first kappa shape index (κ1) is 21.4. The molecule has 34 heavy (non-hydrogen) atoms. The van der Waals surface area contributed by atoms with Crippen LogP contribution >= 0.6 is 23.5 Å². The van der Waals surface area contributed by atoms with Gasteiger partial charge in [-0.2, -0.15) is 0 Å². The van der Waals surface area contributed by atoms with E-state index in [2.05, 4.69) is 108 Å². The van der Waals surface area contributed by atoms with Crippen LogP contribution in [0, 0.1) is 0 Å². The maximum Gasteiger partial charge on any atom is 0.316 e. The van der Waals surface area contributed by atoms with E-state index in [1.807, 2.05) is 23.5 Å². The predicted molar refractivity (Wildman–Crippen MR) is 140 cm³/mol. The lowest BCUT2D eigenvalue weighted by molar-refractivity contribution is 0.236. The molecule has 3 nitrogen and oxygen atoms in total. The van der Waals surface area contributed by atoms with Gasteiger partial charge in [0.25, 0.3) is 0 Å². The number of carbonyl (C=O) groups excluding carboxylic acids is 1. The second-order valence-corrected chi connectivity index (χ2v) is 10.6. The maximum absolute atomic E-state index is 13.6. The van der Waals surface area contributed by atoms with Gasteiger partial charge in [-0.1, -0.05) is 84.9 Å². The predicted octanol–water partition coefficient (Wildman–Crippen LogP) is 7.08. The van der Waals surface area contributed by atoms with Crippen molar-refractivity contribution in [3.05, 3.63) is 130 Å². The normalized spacial score (nSPS) is 18.2. The number of fused-ring (bicyclic) bond motifs is 4. The molecule has 2 N–H and O–H groups in total. The summed E-state index contributed by atoms with van der Waals surface area (Å²) in [5, 5.41) is 6.66. The van der Waals surface area contributed by atoms with E-state index in [1.54, 1.807) is 0 Å². The highest BCUT2D eigenvalue weighted by molar-refractivity contribution is 7.98. The van der Waals surface area contributed by atoms with E-state index in [0.717, 1.165) is 33.8 Å². The zero-order chi connectivity index (χ0) is 22.9. The van der Waals surface area contributed by atoms with Gasteiger partial charge >= 0.3 is 6.03 Å². The Balaban J connectivity index is 1.36. The second kappa shape index (κ2) is 9.24. The van der Waals surface area contributed by atoms with Crippen molar-refractivity contribution >= 4 is 29.6 Å². The first-order valence-electron chi connectivity index (χ1n) is 11.4. The molecule has 0 saturated carbocycles. The monoisotopic (exact) mass is 480 g/mol. The van der Waals surface area contributed by atoms with Crippen molar-refractivity contribution in [1.82, 2.24) is 10.6 Å². The first-order valence-corrected chi connectivity index (χ1v) is 13.4. The van der Waals surface area contributed by atoms with Crippen molar-refractivity contribution in [2.24, 2.45) is 0 Å². The highest BCUT2D eigenvalue weighted by Crippen LogP contribution is 2.41. The van der Waals surface area contributed by atoms with Crippen LogP contribution in [0.1, 0.15) is 45.5 Å². The molecule has 0 spiro atoms. The molecule has 4 aromatic rings. The number of thioether (sulfide) groups is 2. The lowest BCUT2D eigenvalue weighted by atomic mass is 9.94. The summed E-state index contributed by atoms with van der Waals surface area (Å²) in [6.07, 6.45) is 0. The fourth-order valence-electron chi connectivity index (χ4n) is 4.86. The fraction of sp³-hybridized carbons (Fsp3) is 0.138. The highest BCUT2D eigenvalue weighted by atomic mass is 32.2. The molecular formula is C29H24N2OS2. The average Bonchev–Trinajstić information content (AvgIpc) is 3.14. The molecule has 0 unspecified atom stereocenters. The van der Waals surface area contributed by atoms with Crippen molar-refractivity contribution in [2.75, 3.05) is 0 Å². The maximum atomic E-state index is 13.6. The van der Waals surface area contributed by atoms with E-state index in [-0.39, 0.29) is 18.1 Å². The Bertz CT molecular complexity index is 1170. The molecule has 2 aliphatic heterocycles. The average molecular weight is 481 g/mol. The van der Waals surface area contributed by atoms with Crippen molar-refractivity contribution < 1.29 is 4.79 Å². The van der Waals surface area contributed by atoms with Crippen molar-refractivity contribution in [1.29, 1.82) is 0 Å². The molecular weight excluding hydrogens is 456 g/mol. The number of carbonyl (C=O) groups is 1. The molecule has 0 aliphatic carbocycles. The number of benzene rings is 4. The van der Waals surface area contributed by atoms with Crippen LogP contribution in [0.25, 0.3) is 0 Å². The Morgan fingerprint density at radius 3 is 1.41 bits per heavy atom. The molecule has 0 fully saturated rings. The summed E-state index contributed by atoms with van der Waals surface area (Å²) in [6, 6.07) is 33.1. The molecule has 4 aromatic carbocycles. The van der Waals surface area contributed by atoms with Crippen LogP contribution in [0.15, 0.2) is 107 Å². The number of hydrogen-bond acceptors (Lipinski definition) is 3. The van der Waals surface area contributed by atoms with Gasteiger partial charge in [0, 0.05) is 21.3 Å². The summed E-state index contributed by atoms with van der Waals surface area (Å²) >= 11 is 3.66. The molecule has 6 rings (SSSR count). The smallest absolute Gasteiger partial charge is 0.316 e. The molecule has 0 aromatic heterocycles. The highest BCUT2D eigenvalue weighted by Gasteiger charge is 2.28. The first-order chi connectivity index (χ1) is 16.8. The minimum atomic E-state index is -0.201. The Morgan fingerprint density at radius 2 is 0.941 bits per heavy atom. The third-order valence-corrected chi connectivity index (χ3v) is 8.79. The molecule has 0 radical (unpaired) electrons. The minimum Gasteiger partial charge on any atom is -0.327 e. The molecule has 5 heteroatoms. The number of urea groups is 1. The topological polar surface area (TPSA) is 41.1 Å². The van der Waals surface area contributed by atoms with Gasteiger partial charge in [-0.05, 0) is 45.5 Å². The van der Waals surface area contributed by atoms with E-state index < -0.39 is 0 Å². The van der Waals surface area contributed by atoms with E-state index >= 15 is 0 Å². The zero-order valence-electron chi connectivity index (χ0n) is 18.5. The molecule has 2 amide bonds. The molecule has 2 heterocycles. The van der Waals surface area contributed by atoms with Gasteiger partial charge in [0.05, 0.1) is 12.1 Å². The Morgan fingerprint density at radius 1 is 0.559 bits per heavy atom. The van der Waals surface area contributed by atoms with E-state index in [9.17, 15) is 4.79 Å². The van der Waals surface area contributed by atoms with E-state index in [1.165, 1.54) is 20.9 Å². The summed E-state index contributed by atoms with van der Waals surface area (Å²) in [5.41, 5.74) is 7.13. The molecule has 2 aliphatic rings. The Labute approximate surface area is 208 Å². The van der Waals surface area contributed by atoms with E-state index in [0.29, 0.717) is 0 Å². The second-order valence-electron chi connectivity index (χ2n) is 8.53. The minimum absolute atomic E-state index is 0.164. The van der Waals surface area contributed by atoms with Gasteiger partial charge in [-0.25, -0.2) is 4.79 Å². The third kappa shape index (κ3) is 3.99. The van der Waals surface area contributed by atoms with Crippen LogP contribution in [0.5, 0.6) is 0 Å². The third-order valence-electron chi connectivity index (χ3n) is 6.51. The summed E-state index contributed by atoms with van der Waals surface area (Å²) in [6.45, 7) is 0. The van der Waals surface area contributed by atoms with Crippen LogP contribution in [0.2, 0.25) is 0 Å². The lowest BCUT2D eigenvalue weighted by Crippen LogP contribution is -2.41. The summed E-state index contributed by atoms with van der Waals surface area (Å²) in [5.74, 6) is 1.79. The van der Waals surface area contributed by atoms with Crippen LogP contribution in [-0.2, 0) is 11.5 Å². The lowest BCUT2D eigenvalue weighted by Gasteiger charge is -2.25. The summed E-state index contributed by atoms with van der Waals surface area (Å²) < 4.78 is 0. The molecule has 0 saturated heterocycles. The van der Waals surface area contributed by atoms with E-state index in [4.69, 9.17) is 0 Å². The van der Waals surface area contributed by atoms with Crippen LogP contribution in [0.3, 0.4) is 0 Å². The fourth-order valence-corrected chi connectivity index (χ4v) is 7.06.